The zero-order chi connectivity index (χ0) is 19.7. The third kappa shape index (κ3) is 11.9. The van der Waals surface area contributed by atoms with Crippen molar-refractivity contribution in [3.05, 3.63) is 25.3 Å². The van der Waals surface area contributed by atoms with Crippen molar-refractivity contribution in [2.45, 2.75) is 77.0 Å². The summed E-state index contributed by atoms with van der Waals surface area (Å²) in [5.41, 5.74) is 0. The molecule has 2 unspecified atom stereocenters. The lowest BCUT2D eigenvalue weighted by molar-refractivity contribution is -0.117. The second-order valence-electron chi connectivity index (χ2n) is 7.93. The number of rotatable bonds is 12. The van der Waals surface area contributed by atoms with E-state index in [1.54, 1.807) is 0 Å². The minimum absolute atomic E-state index is 0.125. The van der Waals surface area contributed by atoms with Crippen molar-refractivity contribution < 1.29 is 13.7 Å². The van der Waals surface area contributed by atoms with Crippen LogP contribution in [0.4, 0.5) is 0 Å². The van der Waals surface area contributed by atoms with E-state index in [2.05, 4.69) is 50.0 Å². The Bertz CT molecular complexity index is 437. The zero-order valence-corrected chi connectivity index (χ0v) is 18.8. The summed E-state index contributed by atoms with van der Waals surface area (Å²) >= 11 is 0. The summed E-state index contributed by atoms with van der Waals surface area (Å²) in [5, 5.41) is 5.80. The van der Waals surface area contributed by atoms with Crippen molar-refractivity contribution in [2.24, 2.45) is 0 Å². The summed E-state index contributed by atoms with van der Waals surface area (Å²) in [6.07, 6.45) is 4.43. The van der Waals surface area contributed by atoms with Crippen LogP contribution in [0.2, 0.25) is 38.3 Å². The molecule has 0 aliphatic rings. The van der Waals surface area contributed by atoms with E-state index >= 15 is 0 Å². The largest absolute Gasteiger partial charge is 0.455 e. The maximum atomic E-state index is 11.3. The highest BCUT2D eigenvalue weighted by Crippen LogP contribution is 2.24. The average Bonchev–Trinajstić information content (AvgIpc) is 2.50. The smallest absolute Gasteiger partial charge is 0.243 e. The van der Waals surface area contributed by atoms with E-state index in [9.17, 15) is 9.59 Å². The van der Waals surface area contributed by atoms with Crippen LogP contribution in [0.5, 0.6) is 0 Å². The van der Waals surface area contributed by atoms with Crippen molar-refractivity contribution in [3.63, 3.8) is 0 Å². The molecule has 0 heterocycles. The van der Waals surface area contributed by atoms with Gasteiger partial charge in [-0.2, -0.15) is 0 Å². The fourth-order valence-electron chi connectivity index (χ4n) is 2.73. The minimum Gasteiger partial charge on any atom is -0.455 e. The minimum atomic E-state index is -1.79. The Morgan fingerprint density at radius 1 is 0.880 bits per heavy atom. The predicted molar refractivity (Wildman–Crippen MR) is 111 cm³/mol. The van der Waals surface area contributed by atoms with Crippen LogP contribution in [0.15, 0.2) is 25.3 Å². The molecule has 0 radical (unpaired) electrons. The average molecular weight is 385 g/mol. The molecule has 0 saturated carbocycles. The predicted octanol–water partition coefficient (Wildman–Crippen LogP) is 3.57. The van der Waals surface area contributed by atoms with Gasteiger partial charge in [-0.15, -0.1) is 0 Å². The molecule has 2 N–H and O–H groups in total. The Hall–Kier alpha value is -1.19. The number of hydrogen-bond donors (Lipinski definition) is 2. The van der Waals surface area contributed by atoms with E-state index in [0.29, 0.717) is 0 Å². The fourth-order valence-corrected chi connectivity index (χ4v) is 11.8. The summed E-state index contributed by atoms with van der Waals surface area (Å²) in [4.78, 5) is 22.7. The Morgan fingerprint density at radius 3 is 1.48 bits per heavy atom. The van der Waals surface area contributed by atoms with E-state index in [1.165, 1.54) is 12.2 Å². The van der Waals surface area contributed by atoms with E-state index < -0.39 is 16.6 Å². The summed E-state index contributed by atoms with van der Waals surface area (Å²) in [5.74, 6) is -0.253. The maximum Gasteiger partial charge on any atom is 0.243 e. The Kier molecular flexibility index (Phi) is 10.2. The van der Waals surface area contributed by atoms with E-state index in [0.717, 1.165) is 24.9 Å². The molecule has 5 nitrogen and oxygen atoms in total. The van der Waals surface area contributed by atoms with Crippen molar-refractivity contribution in [1.82, 2.24) is 10.6 Å². The molecule has 0 aromatic rings. The molecule has 0 fully saturated rings. The lowest BCUT2D eigenvalue weighted by atomic mass is 10.2. The number of carbonyl (C=O) groups excluding carboxylic acids is 2. The van der Waals surface area contributed by atoms with Gasteiger partial charge in [-0.1, -0.05) is 13.2 Å². The summed E-state index contributed by atoms with van der Waals surface area (Å²) in [6.45, 7) is 19.9. The standard InChI is InChI=1S/C18H36N2O3Si2/c1-9-17(21)19-15(3)11-13-24(5,6)23-25(7,8)14-12-16(4)20-18(22)10-2/h9-10,15-16H,1-2,11-14H2,3-8H3,(H,19,21)(H,20,22). The first kappa shape index (κ1) is 23.8. The third-order valence-electron chi connectivity index (χ3n) is 4.06. The van der Waals surface area contributed by atoms with Gasteiger partial charge in [-0.25, -0.2) is 0 Å². The van der Waals surface area contributed by atoms with Gasteiger partial charge in [-0.3, -0.25) is 9.59 Å². The topological polar surface area (TPSA) is 67.4 Å². The zero-order valence-electron chi connectivity index (χ0n) is 16.8. The molecule has 2 amide bonds. The van der Waals surface area contributed by atoms with Gasteiger partial charge in [0.1, 0.15) is 0 Å². The number of nitrogens with one attached hydrogen (secondary N) is 2. The van der Waals surface area contributed by atoms with Crippen LogP contribution < -0.4 is 10.6 Å². The van der Waals surface area contributed by atoms with Crippen LogP contribution in [-0.2, 0) is 13.7 Å². The van der Waals surface area contributed by atoms with E-state index in [1.807, 2.05) is 13.8 Å². The Morgan fingerprint density at radius 2 is 1.20 bits per heavy atom. The highest BCUT2D eigenvalue weighted by Gasteiger charge is 2.33. The van der Waals surface area contributed by atoms with E-state index in [-0.39, 0.29) is 23.9 Å². The van der Waals surface area contributed by atoms with Crippen LogP contribution in [0.1, 0.15) is 26.7 Å². The first-order valence-electron chi connectivity index (χ1n) is 8.97. The molecule has 2 atom stereocenters. The maximum absolute atomic E-state index is 11.3. The monoisotopic (exact) mass is 384 g/mol. The van der Waals surface area contributed by atoms with Gasteiger partial charge in [-0.05, 0) is 77.1 Å². The lowest BCUT2D eigenvalue weighted by Crippen LogP contribution is -2.46. The van der Waals surface area contributed by atoms with Gasteiger partial charge >= 0.3 is 0 Å². The summed E-state index contributed by atoms with van der Waals surface area (Å²) < 4.78 is 6.60. The van der Waals surface area contributed by atoms with Crippen LogP contribution in [0.3, 0.4) is 0 Å². The second-order valence-corrected chi connectivity index (χ2v) is 16.8. The highest BCUT2D eigenvalue weighted by molar-refractivity contribution is 6.84. The molecule has 25 heavy (non-hydrogen) atoms. The molecule has 0 aliphatic carbocycles. The summed E-state index contributed by atoms with van der Waals surface area (Å²) in [7, 11) is -3.59. The number of carbonyl (C=O) groups is 2. The first-order chi connectivity index (χ1) is 11.4. The third-order valence-corrected chi connectivity index (χ3v) is 11.5. The quantitative estimate of drug-likeness (QED) is 0.399. The van der Waals surface area contributed by atoms with Crippen molar-refractivity contribution in [1.29, 1.82) is 0 Å². The SMILES string of the molecule is C=CC(=O)NC(C)CC[Si](C)(C)O[Si](C)(C)CCC(C)NC(=O)C=C. The number of hydrogen-bond acceptors (Lipinski definition) is 3. The second kappa shape index (κ2) is 10.7. The van der Waals surface area contributed by atoms with Gasteiger partial charge in [0.05, 0.1) is 0 Å². The van der Waals surface area contributed by atoms with Crippen LogP contribution in [0.25, 0.3) is 0 Å². The Labute approximate surface area is 155 Å². The normalized spacial score (nSPS) is 14.3. The van der Waals surface area contributed by atoms with Gasteiger partial charge < -0.3 is 14.7 Å². The van der Waals surface area contributed by atoms with Gasteiger partial charge in [0.15, 0.2) is 16.6 Å². The molecular formula is C18H36N2O3Si2. The van der Waals surface area contributed by atoms with Crippen molar-refractivity contribution in [3.8, 4) is 0 Å². The molecule has 0 spiro atoms. The lowest BCUT2D eigenvalue weighted by Gasteiger charge is -2.35. The molecule has 0 rings (SSSR count). The molecular weight excluding hydrogens is 348 g/mol. The Balaban J connectivity index is 4.39. The molecule has 0 aromatic heterocycles. The molecule has 7 heteroatoms. The molecule has 0 bridgehead atoms. The molecule has 0 aliphatic heterocycles. The van der Waals surface area contributed by atoms with Crippen LogP contribution in [-0.4, -0.2) is 40.5 Å². The molecule has 0 aromatic carbocycles. The van der Waals surface area contributed by atoms with Crippen LogP contribution in [0, 0.1) is 0 Å². The van der Waals surface area contributed by atoms with Crippen LogP contribution >= 0.6 is 0 Å². The molecule has 0 saturated heterocycles. The van der Waals surface area contributed by atoms with E-state index in [4.69, 9.17) is 4.12 Å². The first-order valence-corrected chi connectivity index (χ1v) is 15.2. The van der Waals surface area contributed by atoms with Crippen molar-refractivity contribution >= 4 is 28.4 Å². The number of amides is 2. The van der Waals surface area contributed by atoms with Gasteiger partial charge in [0, 0.05) is 12.1 Å². The fraction of sp³-hybridized carbons (Fsp3) is 0.667. The molecule has 144 valence electrons. The van der Waals surface area contributed by atoms with Gasteiger partial charge in [0.2, 0.25) is 11.8 Å². The highest BCUT2D eigenvalue weighted by atomic mass is 28.4. The van der Waals surface area contributed by atoms with Gasteiger partial charge in [0.25, 0.3) is 0 Å². The summed E-state index contributed by atoms with van der Waals surface area (Å²) in [6, 6.07) is 2.26. The van der Waals surface area contributed by atoms with Crippen molar-refractivity contribution in [2.75, 3.05) is 0 Å².